The van der Waals surface area contributed by atoms with Crippen molar-refractivity contribution in [3.63, 3.8) is 0 Å². The Morgan fingerprint density at radius 3 is 2.84 bits per heavy atom. The van der Waals surface area contributed by atoms with E-state index in [4.69, 9.17) is 10.5 Å². The van der Waals surface area contributed by atoms with E-state index in [0.29, 0.717) is 23.8 Å². The number of para-hydroxylation sites is 1. The second kappa shape index (κ2) is 6.75. The van der Waals surface area contributed by atoms with Crippen LogP contribution in [0.5, 0.6) is 5.75 Å². The standard InChI is InChI=1S/C13H15N3O2S/c14-13-16-10(9-19-13)6-7-15-12(17)8-18-11-4-2-1-3-5-11/h1-5,9H,6-8H2,(H2,14,16)(H,15,17). The van der Waals surface area contributed by atoms with Gasteiger partial charge in [0.05, 0.1) is 5.69 Å². The summed E-state index contributed by atoms with van der Waals surface area (Å²) in [6.45, 7) is 0.545. The number of aromatic nitrogens is 1. The quantitative estimate of drug-likeness (QED) is 0.838. The van der Waals surface area contributed by atoms with Crippen LogP contribution >= 0.6 is 11.3 Å². The molecule has 1 heterocycles. The number of nitrogens with one attached hydrogen (secondary N) is 1. The minimum Gasteiger partial charge on any atom is -0.484 e. The van der Waals surface area contributed by atoms with Crippen LogP contribution in [0.3, 0.4) is 0 Å². The molecule has 1 aromatic carbocycles. The van der Waals surface area contributed by atoms with E-state index in [0.717, 1.165) is 5.69 Å². The highest BCUT2D eigenvalue weighted by molar-refractivity contribution is 7.13. The predicted molar refractivity (Wildman–Crippen MR) is 75.2 cm³/mol. The molecular formula is C13H15N3O2S. The molecule has 6 heteroatoms. The average molecular weight is 277 g/mol. The van der Waals surface area contributed by atoms with Crippen molar-refractivity contribution in [3.05, 3.63) is 41.4 Å². The number of thiazole rings is 1. The molecule has 0 aliphatic heterocycles. The van der Waals surface area contributed by atoms with E-state index in [1.54, 1.807) is 0 Å². The molecule has 100 valence electrons. The second-order valence-corrected chi connectivity index (χ2v) is 4.77. The minimum absolute atomic E-state index is 0.0171. The summed E-state index contributed by atoms with van der Waals surface area (Å²) < 4.78 is 5.33. The van der Waals surface area contributed by atoms with Gasteiger partial charge in [-0.1, -0.05) is 18.2 Å². The molecule has 0 spiro atoms. The maximum absolute atomic E-state index is 11.5. The molecule has 1 aromatic heterocycles. The van der Waals surface area contributed by atoms with Gasteiger partial charge in [-0.05, 0) is 12.1 Å². The summed E-state index contributed by atoms with van der Waals surface area (Å²) in [4.78, 5) is 15.6. The zero-order chi connectivity index (χ0) is 13.5. The van der Waals surface area contributed by atoms with Gasteiger partial charge in [0.25, 0.3) is 5.91 Å². The Hall–Kier alpha value is -2.08. The van der Waals surface area contributed by atoms with Crippen molar-refractivity contribution in [2.75, 3.05) is 18.9 Å². The first-order chi connectivity index (χ1) is 9.24. The van der Waals surface area contributed by atoms with Crippen molar-refractivity contribution in [2.24, 2.45) is 0 Å². The van der Waals surface area contributed by atoms with Crippen LogP contribution in [0.1, 0.15) is 5.69 Å². The van der Waals surface area contributed by atoms with E-state index in [1.807, 2.05) is 35.7 Å². The first-order valence-corrected chi connectivity index (χ1v) is 6.76. The van der Waals surface area contributed by atoms with Crippen molar-refractivity contribution < 1.29 is 9.53 Å². The fourth-order valence-corrected chi connectivity index (χ4v) is 2.08. The van der Waals surface area contributed by atoms with Crippen molar-refractivity contribution in [1.29, 1.82) is 0 Å². The largest absolute Gasteiger partial charge is 0.484 e. The predicted octanol–water partition coefficient (Wildman–Crippen LogP) is 1.46. The van der Waals surface area contributed by atoms with Crippen LogP contribution in [-0.2, 0) is 11.2 Å². The lowest BCUT2D eigenvalue weighted by Gasteiger charge is -2.06. The molecule has 3 N–H and O–H groups in total. The molecule has 0 radical (unpaired) electrons. The monoisotopic (exact) mass is 277 g/mol. The highest BCUT2D eigenvalue weighted by Crippen LogP contribution is 2.11. The van der Waals surface area contributed by atoms with Gasteiger partial charge >= 0.3 is 0 Å². The van der Waals surface area contributed by atoms with E-state index in [1.165, 1.54) is 11.3 Å². The highest BCUT2D eigenvalue weighted by Gasteiger charge is 2.03. The van der Waals surface area contributed by atoms with Gasteiger partial charge in [0, 0.05) is 18.3 Å². The van der Waals surface area contributed by atoms with Gasteiger partial charge in [-0.15, -0.1) is 11.3 Å². The SMILES string of the molecule is Nc1nc(CCNC(=O)COc2ccccc2)cs1. The summed E-state index contributed by atoms with van der Waals surface area (Å²) in [5.74, 6) is 0.539. The van der Waals surface area contributed by atoms with Crippen molar-refractivity contribution in [2.45, 2.75) is 6.42 Å². The molecule has 5 nitrogen and oxygen atoms in total. The molecule has 0 aliphatic carbocycles. The molecule has 0 unspecified atom stereocenters. The molecule has 2 aromatic rings. The molecule has 0 aliphatic rings. The lowest BCUT2D eigenvalue weighted by Crippen LogP contribution is -2.30. The fourth-order valence-electron chi connectivity index (χ4n) is 1.48. The number of benzene rings is 1. The Balaban J connectivity index is 1.65. The van der Waals surface area contributed by atoms with Gasteiger partial charge in [0.2, 0.25) is 0 Å². The number of rotatable bonds is 6. The van der Waals surface area contributed by atoms with Crippen LogP contribution in [-0.4, -0.2) is 24.0 Å². The van der Waals surface area contributed by atoms with Gasteiger partial charge < -0.3 is 15.8 Å². The smallest absolute Gasteiger partial charge is 0.257 e. The summed E-state index contributed by atoms with van der Waals surface area (Å²) in [6, 6.07) is 9.24. The molecular weight excluding hydrogens is 262 g/mol. The summed E-state index contributed by atoms with van der Waals surface area (Å²) in [5.41, 5.74) is 6.42. The van der Waals surface area contributed by atoms with Crippen molar-refractivity contribution >= 4 is 22.4 Å². The van der Waals surface area contributed by atoms with Crippen molar-refractivity contribution in [3.8, 4) is 5.75 Å². The minimum atomic E-state index is -0.146. The number of hydrogen-bond donors (Lipinski definition) is 2. The molecule has 0 saturated carbocycles. The Bertz CT molecular complexity index is 528. The summed E-state index contributed by atoms with van der Waals surface area (Å²) in [7, 11) is 0. The molecule has 19 heavy (non-hydrogen) atoms. The summed E-state index contributed by atoms with van der Waals surface area (Å²) >= 11 is 1.40. The van der Waals surface area contributed by atoms with Crippen LogP contribution in [0.15, 0.2) is 35.7 Å². The van der Waals surface area contributed by atoms with Crippen LogP contribution in [0, 0.1) is 0 Å². The summed E-state index contributed by atoms with van der Waals surface area (Å²) in [5, 5.41) is 5.21. The first kappa shape index (κ1) is 13.4. The Kier molecular flexibility index (Phi) is 4.74. The van der Waals surface area contributed by atoms with Crippen molar-refractivity contribution in [1.82, 2.24) is 10.3 Å². The number of carbonyl (C=O) groups is 1. The van der Waals surface area contributed by atoms with Gasteiger partial charge in [0.1, 0.15) is 5.75 Å². The van der Waals surface area contributed by atoms with E-state index in [2.05, 4.69) is 10.3 Å². The first-order valence-electron chi connectivity index (χ1n) is 5.88. The molecule has 2 rings (SSSR count). The maximum Gasteiger partial charge on any atom is 0.257 e. The number of hydrogen-bond acceptors (Lipinski definition) is 5. The van der Waals surface area contributed by atoms with Gasteiger partial charge in [-0.2, -0.15) is 0 Å². The normalized spacial score (nSPS) is 10.1. The van der Waals surface area contributed by atoms with Gasteiger partial charge in [0.15, 0.2) is 11.7 Å². The maximum atomic E-state index is 11.5. The third kappa shape index (κ3) is 4.59. The molecule has 0 saturated heterocycles. The molecule has 0 bridgehead atoms. The number of carbonyl (C=O) groups excluding carboxylic acids is 1. The fraction of sp³-hybridized carbons (Fsp3) is 0.231. The lowest BCUT2D eigenvalue weighted by molar-refractivity contribution is -0.123. The third-order valence-corrected chi connectivity index (χ3v) is 3.11. The van der Waals surface area contributed by atoms with E-state index < -0.39 is 0 Å². The number of nitrogen functional groups attached to an aromatic ring is 1. The number of anilines is 1. The van der Waals surface area contributed by atoms with Crippen LogP contribution in [0.2, 0.25) is 0 Å². The van der Waals surface area contributed by atoms with Crippen LogP contribution in [0.4, 0.5) is 5.13 Å². The molecule has 1 amide bonds. The number of nitrogens with zero attached hydrogens (tertiary/aromatic N) is 1. The Labute approximate surface area is 115 Å². The van der Waals surface area contributed by atoms with E-state index >= 15 is 0 Å². The topological polar surface area (TPSA) is 77.2 Å². The lowest BCUT2D eigenvalue weighted by atomic mass is 10.3. The zero-order valence-corrected chi connectivity index (χ0v) is 11.2. The molecule has 0 fully saturated rings. The second-order valence-electron chi connectivity index (χ2n) is 3.88. The highest BCUT2D eigenvalue weighted by atomic mass is 32.1. The van der Waals surface area contributed by atoms with Gasteiger partial charge in [-0.25, -0.2) is 4.98 Å². The van der Waals surface area contributed by atoms with E-state index in [9.17, 15) is 4.79 Å². The number of ether oxygens (including phenoxy) is 1. The summed E-state index contributed by atoms with van der Waals surface area (Å²) in [6.07, 6.45) is 0.671. The third-order valence-electron chi connectivity index (χ3n) is 2.39. The van der Waals surface area contributed by atoms with Crippen LogP contribution < -0.4 is 15.8 Å². The Morgan fingerprint density at radius 2 is 2.16 bits per heavy atom. The molecule has 0 atom stereocenters. The number of amides is 1. The van der Waals surface area contributed by atoms with E-state index in [-0.39, 0.29) is 12.5 Å². The number of nitrogens with two attached hydrogens (primary N) is 1. The average Bonchev–Trinajstić information content (AvgIpc) is 2.83. The van der Waals surface area contributed by atoms with Crippen LogP contribution in [0.25, 0.3) is 0 Å². The van der Waals surface area contributed by atoms with Gasteiger partial charge in [-0.3, -0.25) is 4.79 Å². The Morgan fingerprint density at radius 1 is 1.37 bits per heavy atom. The zero-order valence-electron chi connectivity index (χ0n) is 10.3.